The van der Waals surface area contributed by atoms with Gasteiger partial charge in [0.05, 0.1) is 18.5 Å². The molecule has 0 fully saturated rings. The van der Waals surface area contributed by atoms with Gasteiger partial charge in [0.25, 0.3) is 0 Å². The van der Waals surface area contributed by atoms with Crippen LogP contribution in [0.15, 0.2) is 36.5 Å². The molecule has 88 valence electrons. The summed E-state index contributed by atoms with van der Waals surface area (Å²) in [5.41, 5.74) is 7.37. The van der Waals surface area contributed by atoms with Crippen molar-refractivity contribution in [1.82, 2.24) is 4.98 Å². The number of pyridine rings is 1. The van der Waals surface area contributed by atoms with Crippen molar-refractivity contribution < 1.29 is 9.53 Å². The minimum absolute atomic E-state index is 0.235. The largest absolute Gasteiger partial charge is 0.469 e. The number of hydrogen-bond acceptors (Lipinski definition) is 4. The van der Waals surface area contributed by atoms with Crippen LogP contribution in [-0.4, -0.2) is 24.6 Å². The molecule has 4 heteroatoms. The van der Waals surface area contributed by atoms with Gasteiger partial charge in [-0.05, 0) is 23.8 Å². The number of ether oxygens (including phenoxy) is 1. The number of esters is 1. The van der Waals surface area contributed by atoms with E-state index in [-0.39, 0.29) is 12.5 Å². The van der Waals surface area contributed by atoms with Crippen molar-refractivity contribution in [2.75, 3.05) is 13.7 Å². The maximum atomic E-state index is 11.6. The fraction of sp³-hybridized carbons (Fsp3) is 0.231. The Hall–Kier alpha value is -1.94. The Kier molecular flexibility index (Phi) is 3.35. The fourth-order valence-corrected chi connectivity index (χ4v) is 1.82. The van der Waals surface area contributed by atoms with Crippen LogP contribution in [0.3, 0.4) is 0 Å². The van der Waals surface area contributed by atoms with Crippen LogP contribution in [0.1, 0.15) is 11.5 Å². The third-order valence-corrected chi connectivity index (χ3v) is 2.75. The molecule has 0 aliphatic carbocycles. The zero-order valence-corrected chi connectivity index (χ0v) is 9.59. The van der Waals surface area contributed by atoms with Crippen LogP contribution in [0.25, 0.3) is 10.9 Å². The predicted molar refractivity (Wildman–Crippen MR) is 65.6 cm³/mol. The molecule has 1 aromatic heterocycles. The Morgan fingerprint density at radius 2 is 2.29 bits per heavy atom. The highest BCUT2D eigenvalue weighted by atomic mass is 16.5. The van der Waals surface area contributed by atoms with Gasteiger partial charge >= 0.3 is 5.97 Å². The van der Waals surface area contributed by atoms with Gasteiger partial charge in [0.15, 0.2) is 0 Å². The van der Waals surface area contributed by atoms with Crippen LogP contribution in [0, 0.1) is 0 Å². The number of fused-ring (bicyclic) bond motifs is 1. The van der Waals surface area contributed by atoms with Gasteiger partial charge in [-0.1, -0.05) is 12.1 Å². The second kappa shape index (κ2) is 4.93. The highest BCUT2D eigenvalue weighted by molar-refractivity contribution is 5.83. The van der Waals surface area contributed by atoms with Gasteiger partial charge < -0.3 is 10.5 Å². The maximum absolute atomic E-state index is 11.6. The minimum atomic E-state index is -0.412. The predicted octanol–water partition coefficient (Wildman–Crippen LogP) is 1.45. The van der Waals surface area contributed by atoms with Crippen molar-refractivity contribution in [2.45, 2.75) is 5.92 Å². The molecule has 2 aromatic rings. The average molecular weight is 230 g/mol. The lowest BCUT2D eigenvalue weighted by Crippen LogP contribution is -2.22. The Bertz CT molecular complexity index is 540. The normalized spacial score (nSPS) is 12.4. The van der Waals surface area contributed by atoms with Gasteiger partial charge in [0.1, 0.15) is 0 Å². The topological polar surface area (TPSA) is 65.2 Å². The Morgan fingerprint density at radius 3 is 3.00 bits per heavy atom. The van der Waals surface area contributed by atoms with E-state index in [0.717, 1.165) is 16.5 Å². The Labute approximate surface area is 99.4 Å². The van der Waals surface area contributed by atoms with E-state index in [2.05, 4.69) is 4.98 Å². The third kappa shape index (κ3) is 2.26. The molecule has 17 heavy (non-hydrogen) atoms. The number of aromatic nitrogens is 1. The van der Waals surface area contributed by atoms with E-state index in [4.69, 9.17) is 10.5 Å². The van der Waals surface area contributed by atoms with Crippen LogP contribution in [0.4, 0.5) is 0 Å². The molecule has 0 aliphatic heterocycles. The molecule has 0 spiro atoms. The van der Waals surface area contributed by atoms with Gasteiger partial charge in [0, 0.05) is 18.1 Å². The van der Waals surface area contributed by atoms with Crippen LogP contribution >= 0.6 is 0 Å². The van der Waals surface area contributed by atoms with Crippen molar-refractivity contribution in [2.24, 2.45) is 5.73 Å². The fourth-order valence-electron chi connectivity index (χ4n) is 1.82. The summed E-state index contributed by atoms with van der Waals surface area (Å²) in [6.07, 6.45) is 1.74. The first-order chi connectivity index (χ1) is 8.26. The molecule has 0 radical (unpaired) electrons. The van der Waals surface area contributed by atoms with Gasteiger partial charge in [-0.15, -0.1) is 0 Å². The molecule has 0 saturated heterocycles. The van der Waals surface area contributed by atoms with Crippen molar-refractivity contribution in [3.63, 3.8) is 0 Å². The SMILES string of the molecule is COC(=O)C(CN)c1ccc2ncccc2c1. The standard InChI is InChI=1S/C13H14N2O2/c1-17-13(16)11(8-14)9-4-5-12-10(7-9)3-2-6-15-12/h2-7,11H,8,14H2,1H3. The monoisotopic (exact) mass is 230 g/mol. The summed E-state index contributed by atoms with van der Waals surface area (Å²) in [6.45, 7) is 0.235. The summed E-state index contributed by atoms with van der Waals surface area (Å²) in [5, 5.41) is 0.993. The second-order valence-electron chi connectivity index (χ2n) is 3.77. The van der Waals surface area contributed by atoms with Gasteiger partial charge in [-0.3, -0.25) is 9.78 Å². The number of hydrogen-bond donors (Lipinski definition) is 1. The summed E-state index contributed by atoms with van der Waals surface area (Å²) < 4.78 is 4.74. The maximum Gasteiger partial charge on any atom is 0.314 e. The van der Waals surface area contributed by atoms with E-state index in [1.165, 1.54) is 7.11 Å². The van der Waals surface area contributed by atoms with Crippen molar-refractivity contribution in [1.29, 1.82) is 0 Å². The first-order valence-electron chi connectivity index (χ1n) is 5.39. The lowest BCUT2D eigenvalue weighted by atomic mass is 9.98. The smallest absolute Gasteiger partial charge is 0.314 e. The molecule has 0 saturated carbocycles. The van der Waals surface area contributed by atoms with E-state index in [9.17, 15) is 4.79 Å². The number of carbonyl (C=O) groups is 1. The van der Waals surface area contributed by atoms with Crippen molar-refractivity contribution in [3.8, 4) is 0 Å². The number of carbonyl (C=O) groups excluding carboxylic acids is 1. The van der Waals surface area contributed by atoms with E-state index in [1.807, 2.05) is 30.3 Å². The summed E-state index contributed by atoms with van der Waals surface area (Å²) in [4.78, 5) is 15.8. The lowest BCUT2D eigenvalue weighted by molar-refractivity contribution is -0.142. The molecule has 2 N–H and O–H groups in total. The molecule has 2 rings (SSSR count). The first-order valence-corrected chi connectivity index (χ1v) is 5.39. The van der Waals surface area contributed by atoms with Gasteiger partial charge in [0.2, 0.25) is 0 Å². The van der Waals surface area contributed by atoms with E-state index >= 15 is 0 Å². The highest BCUT2D eigenvalue weighted by Crippen LogP contribution is 2.21. The molecule has 1 atom stereocenters. The summed E-state index contributed by atoms with van der Waals surface area (Å²) in [5.74, 6) is -0.722. The van der Waals surface area contributed by atoms with Crippen LogP contribution < -0.4 is 5.73 Å². The van der Waals surface area contributed by atoms with E-state index < -0.39 is 5.92 Å². The summed E-state index contributed by atoms with van der Waals surface area (Å²) in [7, 11) is 1.37. The first kappa shape index (κ1) is 11.5. The van der Waals surface area contributed by atoms with Crippen molar-refractivity contribution in [3.05, 3.63) is 42.1 Å². The summed E-state index contributed by atoms with van der Waals surface area (Å²) >= 11 is 0. The number of benzene rings is 1. The van der Waals surface area contributed by atoms with Crippen LogP contribution in [0.2, 0.25) is 0 Å². The highest BCUT2D eigenvalue weighted by Gasteiger charge is 2.19. The lowest BCUT2D eigenvalue weighted by Gasteiger charge is -2.13. The Balaban J connectivity index is 2.44. The molecule has 0 amide bonds. The van der Waals surface area contributed by atoms with Crippen molar-refractivity contribution >= 4 is 16.9 Å². The number of methoxy groups -OCH3 is 1. The van der Waals surface area contributed by atoms with E-state index in [0.29, 0.717) is 0 Å². The molecule has 1 aromatic carbocycles. The number of rotatable bonds is 3. The van der Waals surface area contributed by atoms with Gasteiger partial charge in [-0.2, -0.15) is 0 Å². The second-order valence-corrected chi connectivity index (χ2v) is 3.77. The number of nitrogens with two attached hydrogens (primary N) is 1. The minimum Gasteiger partial charge on any atom is -0.469 e. The quantitative estimate of drug-likeness (QED) is 0.810. The van der Waals surface area contributed by atoms with Crippen LogP contribution in [0.5, 0.6) is 0 Å². The molecular weight excluding hydrogens is 216 g/mol. The number of nitrogens with zero attached hydrogens (tertiary/aromatic N) is 1. The molecule has 0 aliphatic rings. The summed E-state index contributed by atoms with van der Waals surface area (Å²) in [6, 6.07) is 9.50. The average Bonchev–Trinajstić information content (AvgIpc) is 2.39. The Morgan fingerprint density at radius 1 is 1.47 bits per heavy atom. The molecule has 0 bridgehead atoms. The zero-order chi connectivity index (χ0) is 12.3. The molecule has 1 unspecified atom stereocenters. The molecule has 1 heterocycles. The van der Waals surface area contributed by atoms with Crippen LogP contribution in [-0.2, 0) is 9.53 Å². The zero-order valence-electron chi connectivity index (χ0n) is 9.59. The molecular formula is C13H14N2O2. The third-order valence-electron chi connectivity index (χ3n) is 2.75. The molecule has 4 nitrogen and oxygen atoms in total. The van der Waals surface area contributed by atoms with Gasteiger partial charge in [-0.25, -0.2) is 0 Å². The van der Waals surface area contributed by atoms with E-state index in [1.54, 1.807) is 6.20 Å².